The third kappa shape index (κ3) is 1.25. The SMILES string of the molecule is Nc1cc(-c2ccc3sccc3c2O)on1. The summed E-state index contributed by atoms with van der Waals surface area (Å²) in [5, 5.41) is 16.4. The van der Waals surface area contributed by atoms with Crippen molar-refractivity contribution in [2.24, 2.45) is 0 Å². The van der Waals surface area contributed by atoms with Gasteiger partial charge in [0.25, 0.3) is 0 Å². The summed E-state index contributed by atoms with van der Waals surface area (Å²) in [5.74, 6) is 0.984. The molecule has 0 amide bonds. The van der Waals surface area contributed by atoms with E-state index in [9.17, 15) is 5.11 Å². The number of aromatic nitrogens is 1. The molecule has 2 heterocycles. The molecule has 4 nitrogen and oxygen atoms in total. The van der Waals surface area contributed by atoms with Gasteiger partial charge in [0.15, 0.2) is 11.6 Å². The number of thiophene rings is 1. The maximum absolute atomic E-state index is 10.1. The van der Waals surface area contributed by atoms with E-state index < -0.39 is 0 Å². The summed E-state index contributed by atoms with van der Waals surface area (Å²) in [5.41, 5.74) is 6.08. The van der Waals surface area contributed by atoms with Crippen LogP contribution in [0.3, 0.4) is 0 Å². The third-order valence-corrected chi connectivity index (χ3v) is 3.28. The van der Waals surface area contributed by atoms with Crippen LogP contribution in [0.5, 0.6) is 5.75 Å². The average Bonchev–Trinajstić information content (AvgIpc) is 2.87. The fourth-order valence-electron chi connectivity index (χ4n) is 1.64. The van der Waals surface area contributed by atoms with E-state index in [2.05, 4.69) is 5.16 Å². The van der Waals surface area contributed by atoms with Crippen LogP contribution in [0.15, 0.2) is 34.2 Å². The molecule has 2 aromatic heterocycles. The molecule has 0 radical (unpaired) electrons. The number of nitrogen functional groups attached to an aromatic ring is 1. The first-order valence-electron chi connectivity index (χ1n) is 4.67. The minimum atomic E-state index is 0.204. The molecule has 0 fully saturated rings. The van der Waals surface area contributed by atoms with Crippen molar-refractivity contribution in [3.8, 4) is 17.1 Å². The van der Waals surface area contributed by atoms with Crippen LogP contribution in [0.25, 0.3) is 21.4 Å². The van der Waals surface area contributed by atoms with Gasteiger partial charge in [0.2, 0.25) is 0 Å². The molecule has 80 valence electrons. The fraction of sp³-hybridized carbons (Fsp3) is 0. The Balaban J connectivity index is 2.27. The zero-order valence-electron chi connectivity index (χ0n) is 8.18. The number of phenolic OH excluding ortho intramolecular Hbond substituents is 1. The number of hydrogen-bond acceptors (Lipinski definition) is 5. The first-order valence-corrected chi connectivity index (χ1v) is 5.55. The molecule has 1 aromatic carbocycles. The average molecular weight is 232 g/mol. The molecule has 3 rings (SSSR count). The molecule has 0 atom stereocenters. The van der Waals surface area contributed by atoms with Crippen LogP contribution in [0.2, 0.25) is 0 Å². The quantitative estimate of drug-likeness (QED) is 0.676. The molecule has 0 saturated carbocycles. The van der Waals surface area contributed by atoms with Gasteiger partial charge >= 0.3 is 0 Å². The highest BCUT2D eigenvalue weighted by atomic mass is 32.1. The second-order valence-corrected chi connectivity index (χ2v) is 4.36. The molecule has 5 heteroatoms. The van der Waals surface area contributed by atoms with Gasteiger partial charge in [-0.15, -0.1) is 11.3 Å². The molecule has 3 aromatic rings. The summed E-state index contributed by atoms with van der Waals surface area (Å²) in [6.45, 7) is 0. The molecule has 0 saturated heterocycles. The van der Waals surface area contributed by atoms with Crippen LogP contribution in [-0.4, -0.2) is 10.3 Å². The van der Waals surface area contributed by atoms with Gasteiger partial charge in [0.1, 0.15) is 5.75 Å². The van der Waals surface area contributed by atoms with Gasteiger partial charge < -0.3 is 15.4 Å². The van der Waals surface area contributed by atoms with Crippen molar-refractivity contribution in [3.05, 3.63) is 29.6 Å². The predicted octanol–water partition coefficient (Wildman–Crippen LogP) is 2.84. The number of aromatic hydroxyl groups is 1. The maximum Gasteiger partial charge on any atom is 0.172 e. The van der Waals surface area contributed by atoms with Gasteiger partial charge in [-0.05, 0) is 23.6 Å². The van der Waals surface area contributed by atoms with Crippen molar-refractivity contribution in [1.82, 2.24) is 5.16 Å². The highest BCUT2D eigenvalue weighted by molar-refractivity contribution is 7.17. The molecule has 0 aliphatic heterocycles. The summed E-state index contributed by atoms with van der Waals surface area (Å²) >= 11 is 1.58. The van der Waals surface area contributed by atoms with Crippen molar-refractivity contribution >= 4 is 27.2 Å². The Morgan fingerprint density at radius 1 is 1.31 bits per heavy atom. The van der Waals surface area contributed by atoms with E-state index >= 15 is 0 Å². The lowest BCUT2D eigenvalue weighted by atomic mass is 10.1. The van der Waals surface area contributed by atoms with E-state index in [0.29, 0.717) is 17.1 Å². The van der Waals surface area contributed by atoms with Crippen LogP contribution in [0.1, 0.15) is 0 Å². The molecule has 3 N–H and O–H groups in total. The van der Waals surface area contributed by atoms with Crippen molar-refractivity contribution in [3.63, 3.8) is 0 Å². The topological polar surface area (TPSA) is 72.3 Å². The normalized spacial score (nSPS) is 11.0. The van der Waals surface area contributed by atoms with E-state index in [-0.39, 0.29) is 5.75 Å². The van der Waals surface area contributed by atoms with E-state index in [1.807, 2.05) is 17.5 Å². The van der Waals surface area contributed by atoms with Gasteiger partial charge in [-0.3, -0.25) is 0 Å². The predicted molar refractivity (Wildman–Crippen MR) is 63.4 cm³/mol. The maximum atomic E-state index is 10.1. The van der Waals surface area contributed by atoms with Crippen LogP contribution in [-0.2, 0) is 0 Å². The number of rotatable bonds is 1. The highest BCUT2D eigenvalue weighted by Gasteiger charge is 2.12. The number of nitrogens with two attached hydrogens (primary N) is 1. The Morgan fingerprint density at radius 3 is 2.94 bits per heavy atom. The summed E-state index contributed by atoms with van der Waals surface area (Å²) < 4.78 is 6.06. The minimum Gasteiger partial charge on any atom is -0.506 e. The molecule has 0 aliphatic rings. The number of anilines is 1. The first kappa shape index (κ1) is 9.23. The zero-order chi connectivity index (χ0) is 11.1. The van der Waals surface area contributed by atoms with Crippen LogP contribution >= 0.6 is 11.3 Å². The number of fused-ring (bicyclic) bond motifs is 1. The van der Waals surface area contributed by atoms with Gasteiger partial charge in [0.05, 0.1) is 5.56 Å². The van der Waals surface area contributed by atoms with E-state index in [4.69, 9.17) is 10.3 Å². The first-order chi connectivity index (χ1) is 7.75. The fourth-order valence-corrected chi connectivity index (χ4v) is 2.43. The van der Waals surface area contributed by atoms with Crippen molar-refractivity contribution in [2.45, 2.75) is 0 Å². The minimum absolute atomic E-state index is 0.204. The van der Waals surface area contributed by atoms with Crippen molar-refractivity contribution < 1.29 is 9.63 Å². The van der Waals surface area contributed by atoms with Crippen LogP contribution in [0.4, 0.5) is 5.82 Å². The van der Waals surface area contributed by atoms with Gasteiger partial charge in [-0.2, -0.15) is 0 Å². The Morgan fingerprint density at radius 2 is 2.19 bits per heavy atom. The third-order valence-electron chi connectivity index (χ3n) is 2.40. The molecule has 0 unspecified atom stereocenters. The van der Waals surface area contributed by atoms with Crippen molar-refractivity contribution in [1.29, 1.82) is 0 Å². The number of hydrogen-bond donors (Lipinski definition) is 2. The van der Waals surface area contributed by atoms with Gasteiger partial charge in [-0.1, -0.05) is 5.16 Å². The molecule has 0 bridgehead atoms. The van der Waals surface area contributed by atoms with Crippen LogP contribution in [0, 0.1) is 0 Å². The van der Waals surface area contributed by atoms with E-state index in [0.717, 1.165) is 10.1 Å². The lowest BCUT2D eigenvalue weighted by molar-refractivity contribution is 0.430. The van der Waals surface area contributed by atoms with E-state index in [1.165, 1.54) is 0 Å². The number of benzene rings is 1. The largest absolute Gasteiger partial charge is 0.506 e. The monoisotopic (exact) mass is 232 g/mol. The smallest absolute Gasteiger partial charge is 0.172 e. The number of phenols is 1. The zero-order valence-corrected chi connectivity index (χ0v) is 8.99. The molecular weight excluding hydrogens is 224 g/mol. The molecule has 0 spiro atoms. The van der Waals surface area contributed by atoms with Crippen LogP contribution < -0.4 is 5.73 Å². The van der Waals surface area contributed by atoms with Gasteiger partial charge in [-0.25, -0.2) is 0 Å². The Hall–Kier alpha value is -2.01. The lowest BCUT2D eigenvalue weighted by Crippen LogP contribution is -1.80. The second-order valence-electron chi connectivity index (χ2n) is 3.41. The highest BCUT2D eigenvalue weighted by Crippen LogP contribution is 2.38. The van der Waals surface area contributed by atoms with E-state index in [1.54, 1.807) is 23.5 Å². The Bertz CT molecular complexity index is 657. The standard InChI is InChI=1S/C11H8N2O2S/c12-10-5-8(15-13-10)6-1-2-9-7(11(6)14)3-4-16-9/h1-5,14H,(H2,12,13). The van der Waals surface area contributed by atoms with Crippen molar-refractivity contribution in [2.75, 3.05) is 5.73 Å². The molecule has 16 heavy (non-hydrogen) atoms. The summed E-state index contributed by atoms with van der Waals surface area (Å²) in [6.07, 6.45) is 0. The lowest BCUT2D eigenvalue weighted by Gasteiger charge is -2.01. The van der Waals surface area contributed by atoms with Gasteiger partial charge in [0, 0.05) is 16.2 Å². The molecule has 0 aliphatic carbocycles. The molecular formula is C11H8N2O2S. The Labute approximate surface area is 94.9 Å². The number of nitrogens with zero attached hydrogens (tertiary/aromatic N) is 1. The Kier molecular flexibility index (Phi) is 1.87. The summed E-state index contributed by atoms with van der Waals surface area (Å²) in [4.78, 5) is 0. The second kappa shape index (κ2) is 3.24. The summed E-state index contributed by atoms with van der Waals surface area (Å²) in [7, 11) is 0. The summed E-state index contributed by atoms with van der Waals surface area (Å²) in [6, 6.07) is 7.20.